The number of rotatable bonds is 6. The van der Waals surface area contributed by atoms with Crippen LogP contribution in [0.25, 0.3) is 0 Å². The van der Waals surface area contributed by atoms with Crippen LogP contribution in [0.15, 0.2) is 70.5 Å². The first kappa shape index (κ1) is 21.0. The van der Waals surface area contributed by atoms with Crippen LogP contribution in [0, 0.1) is 0 Å². The van der Waals surface area contributed by atoms with Crippen LogP contribution in [0.3, 0.4) is 0 Å². The fourth-order valence-electron chi connectivity index (χ4n) is 2.72. The Labute approximate surface area is 177 Å². The van der Waals surface area contributed by atoms with E-state index < -0.39 is 15.8 Å². The molecule has 0 radical (unpaired) electrons. The summed E-state index contributed by atoms with van der Waals surface area (Å²) in [6, 6.07) is 14.8. The lowest BCUT2D eigenvalue weighted by Gasteiger charge is -2.15. The van der Waals surface area contributed by atoms with Gasteiger partial charge in [-0.1, -0.05) is 41.4 Å². The Hall–Kier alpha value is -2.74. The fourth-order valence-corrected chi connectivity index (χ4v) is 4.97. The highest BCUT2D eigenvalue weighted by atomic mass is 35.5. The topological polar surface area (TPSA) is 107 Å². The Bertz CT molecular complexity index is 1200. The van der Waals surface area contributed by atoms with Gasteiger partial charge in [-0.25, -0.2) is 8.42 Å². The lowest BCUT2D eigenvalue weighted by atomic mass is 10.1. The molecular formula is C20H15Cl2NO5S. The summed E-state index contributed by atoms with van der Waals surface area (Å²) in [5.41, 5.74) is 6.45. The molecule has 0 aliphatic carbocycles. The van der Waals surface area contributed by atoms with Gasteiger partial charge in [0.15, 0.2) is 0 Å². The number of ether oxygens (including phenoxy) is 1. The van der Waals surface area contributed by atoms with Gasteiger partial charge in [0.05, 0.1) is 22.0 Å². The number of anilines is 1. The van der Waals surface area contributed by atoms with Crippen molar-refractivity contribution in [3.05, 3.63) is 76.3 Å². The van der Waals surface area contributed by atoms with Gasteiger partial charge in [0.2, 0.25) is 9.84 Å². The summed E-state index contributed by atoms with van der Waals surface area (Å²) in [6.45, 7) is 0. The molecule has 0 amide bonds. The van der Waals surface area contributed by atoms with Crippen LogP contribution in [0.2, 0.25) is 10.0 Å². The number of hydrogen-bond acceptors (Lipinski definition) is 5. The predicted molar refractivity (Wildman–Crippen MR) is 111 cm³/mol. The smallest absolute Gasteiger partial charge is 0.307 e. The van der Waals surface area contributed by atoms with E-state index in [9.17, 15) is 13.2 Å². The van der Waals surface area contributed by atoms with Gasteiger partial charge < -0.3 is 15.6 Å². The third-order valence-corrected chi connectivity index (χ3v) is 6.51. The van der Waals surface area contributed by atoms with Gasteiger partial charge in [0.1, 0.15) is 16.4 Å². The number of carboxylic acids is 1. The lowest BCUT2D eigenvalue weighted by Crippen LogP contribution is -2.08. The van der Waals surface area contributed by atoms with E-state index in [-0.39, 0.29) is 38.4 Å². The summed E-state index contributed by atoms with van der Waals surface area (Å²) >= 11 is 12.0. The van der Waals surface area contributed by atoms with Gasteiger partial charge in [-0.05, 0) is 48.0 Å². The molecule has 6 nitrogen and oxygen atoms in total. The average molecular weight is 452 g/mol. The Kier molecular flexibility index (Phi) is 6.02. The molecule has 0 heterocycles. The van der Waals surface area contributed by atoms with E-state index in [4.69, 9.17) is 38.8 Å². The van der Waals surface area contributed by atoms with Crippen molar-refractivity contribution in [1.82, 2.24) is 0 Å². The Morgan fingerprint density at radius 2 is 1.76 bits per heavy atom. The molecule has 0 aromatic heterocycles. The molecule has 150 valence electrons. The first-order chi connectivity index (χ1) is 13.7. The van der Waals surface area contributed by atoms with Crippen LogP contribution in [-0.4, -0.2) is 19.5 Å². The molecule has 0 spiro atoms. The first-order valence-corrected chi connectivity index (χ1v) is 10.5. The minimum Gasteiger partial charge on any atom is -0.481 e. The third kappa shape index (κ3) is 4.64. The van der Waals surface area contributed by atoms with Crippen molar-refractivity contribution < 1.29 is 23.1 Å². The van der Waals surface area contributed by atoms with E-state index in [1.165, 1.54) is 36.4 Å². The fraction of sp³-hybridized carbons (Fsp3) is 0.0500. The summed E-state index contributed by atoms with van der Waals surface area (Å²) in [7, 11) is -4.13. The number of sulfone groups is 1. The molecule has 0 aliphatic heterocycles. The molecule has 3 rings (SSSR count). The summed E-state index contributed by atoms with van der Waals surface area (Å²) in [5, 5.41) is 9.19. The molecule has 0 aliphatic rings. The number of carbonyl (C=O) groups is 1. The quantitative estimate of drug-likeness (QED) is 0.519. The van der Waals surface area contributed by atoms with E-state index in [0.29, 0.717) is 10.6 Å². The number of aliphatic carboxylic acids is 1. The van der Waals surface area contributed by atoms with Crippen molar-refractivity contribution >= 4 is 44.7 Å². The summed E-state index contributed by atoms with van der Waals surface area (Å²) in [6.07, 6.45) is -0.195. The number of hydrogen-bond donors (Lipinski definition) is 2. The molecular weight excluding hydrogens is 437 g/mol. The first-order valence-electron chi connectivity index (χ1n) is 8.25. The SMILES string of the molecule is Nc1cccc(Oc2cccc(CC(=O)O)c2)c1S(=O)(=O)c1ccc(Cl)cc1Cl. The highest BCUT2D eigenvalue weighted by Gasteiger charge is 2.28. The summed E-state index contributed by atoms with van der Waals surface area (Å²) in [5.74, 6) is -0.733. The van der Waals surface area contributed by atoms with Crippen molar-refractivity contribution in [2.24, 2.45) is 0 Å². The van der Waals surface area contributed by atoms with Crippen LogP contribution < -0.4 is 10.5 Å². The molecule has 29 heavy (non-hydrogen) atoms. The highest BCUT2D eigenvalue weighted by molar-refractivity contribution is 7.92. The van der Waals surface area contributed by atoms with Gasteiger partial charge in [0, 0.05) is 5.02 Å². The zero-order chi connectivity index (χ0) is 21.2. The van der Waals surface area contributed by atoms with E-state index in [0.717, 1.165) is 0 Å². The van der Waals surface area contributed by atoms with Crippen molar-refractivity contribution in [2.45, 2.75) is 16.2 Å². The van der Waals surface area contributed by atoms with Crippen molar-refractivity contribution in [1.29, 1.82) is 0 Å². The number of carboxylic acid groups (broad SMARTS) is 1. The van der Waals surface area contributed by atoms with Gasteiger partial charge in [-0.2, -0.15) is 0 Å². The number of nitrogen functional groups attached to an aromatic ring is 1. The van der Waals surface area contributed by atoms with Crippen LogP contribution in [0.1, 0.15) is 5.56 Å². The Balaban J connectivity index is 2.08. The van der Waals surface area contributed by atoms with Gasteiger partial charge in [-0.15, -0.1) is 0 Å². The van der Waals surface area contributed by atoms with E-state index >= 15 is 0 Å². The molecule has 3 aromatic carbocycles. The third-order valence-electron chi connectivity index (χ3n) is 3.94. The largest absolute Gasteiger partial charge is 0.481 e. The van der Waals surface area contributed by atoms with Crippen molar-refractivity contribution in [3.8, 4) is 11.5 Å². The van der Waals surface area contributed by atoms with Crippen molar-refractivity contribution in [2.75, 3.05) is 5.73 Å². The highest BCUT2D eigenvalue weighted by Crippen LogP contribution is 2.39. The molecule has 3 aromatic rings. The Morgan fingerprint density at radius 3 is 2.45 bits per heavy atom. The molecule has 0 saturated heterocycles. The number of nitrogens with two attached hydrogens (primary N) is 1. The van der Waals surface area contributed by atoms with Crippen LogP contribution in [0.4, 0.5) is 5.69 Å². The van der Waals surface area contributed by atoms with Gasteiger partial charge >= 0.3 is 5.97 Å². The van der Waals surface area contributed by atoms with Crippen LogP contribution >= 0.6 is 23.2 Å². The molecule has 9 heteroatoms. The predicted octanol–water partition coefficient (Wildman–Crippen LogP) is 4.83. The second-order valence-electron chi connectivity index (χ2n) is 6.07. The summed E-state index contributed by atoms with van der Waals surface area (Å²) in [4.78, 5) is 10.5. The van der Waals surface area contributed by atoms with E-state index in [2.05, 4.69) is 0 Å². The van der Waals surface area contributed by atoms with Gasteiger partial charge in [-0.3, -0.25) is 4.79 Å². The second kappa shape index (κ2) is 8.32. The molecule has 0 fully saturated rings. The number of halogens is 2. The number of benzene rings is 3. The standard InChI is InChI=1S/C20H15Cl2NO5S/c21-13-7-8-18(15(22)11-13)29(26,27)20-16(23)5-2-6-17(20)28-14-4-1-3-12(9-14)10-19(24)25/h1-9,11H,10,23H2,(H,24,25). The monoisotopic (exact) mass is 451 g/mol. The molecule has 3 N–H and O–H groups in total. The molecule has 0 atom stereocenters. The second-order valence-corrected chi connectivity index (χ2v) is 8.77. The molecule has 0 unspecified atom stereocenters. The van der Waals surface area contributed by atoms with Crippen LogP contribution in [-0.2, 0) is 21.1 Å². The van der Waals surface area contributed by atoms with E-state index in [1.54, 1.807) is 24.3 Å². The zero-order valence-electron chi connectivity index (χ0n) is 14.8. The maximum Gasteiger partial charge on any atom is 0.307 e. The average Bonchev–Trinajstić information content (AvgIpc) is 2.61. The lowest BCUT2D eigenvalue weighted by molar-refractivity contribution is -0.136. The molecule has 0 bridgehead atoms. The minimum atomic E-state index is -4.13. The zero-order valence-corrected chi connectivity index (χ0v) is 17.1. The minimum absolute atomic E-state index is 0.0107. The Morgan fingerprint density at radius 1 is 1.03 bits per heavy atom. The maximum absolute atomic E-state index is 13.2. The summed E-state index contributed by atoms with van der Waals surface area (Å²) < 4.78 is 32.3. The maximum atomic E-state index is 13.2. The van der Waals surface area contributed by atoms with E-state index in [1.807, 2.05) is 0 Å². The molecule has 0 saturated carbocycles. The normalized spacial score (nSPS) is 11.2. The van der Waals surface area contributed by atoms with Gasteiger partial charge in [0.25, 0.3) is 0 Å². The van der Waals surface area contributed by atoms with Crippen molar-refractivity contribution in [3.63, 3.8) is 0 Å². The van der Waals surface area contributed by atoms with Crippen LogP contribution in [0.5, 0.6) is 11.5 Å².